The average molecular weight is 978 g/mol. The normalized spacial score (nSPS) is 24.6. The fourth-order valence-electron chi connectivity index (χ4n) is 5.09. The molecule has 2 saturated heterocycles. The van der Waals surface area contributed by atoms with Gasteiger partial charge in [-0.05, 0) is 0 Å². The van der Waals surface area contributed by atoms with Gasteiger partial charge in [-0.25, -0.2) is 0 Å². The molecule has 10 heteroatoms. The maximum atomic E-state index is 11.4. The van der Waals surface area contributed by atoms with Crippen LogP contribution in [0.15, 0.2) is 42.5 Å². The monoisotopic (exact) mass is 978 g/mol. The zero-order chi connectivity index (χ0) is 26.2. The maximum Gasteiger partial charge on any atom is 2.00 e. The van der Waals surface area contributed by atoms with E-state index in [1.165, 1.54) is 25.1 Å². The molecule has 3 aromatic rings. The number of aromatic nitrogens is 2. The number of rotatable bonds is 7. The van der Waals surface area contributed by atoms with Crippen LogP contribution in [-0.4, -0.2) is 56.8 Å². The number of hydrogen-bond acceptors (Lipinski definition) is 5. The van der Waals surface area contributed by atoms with Crippen molar-refractivity contribution in [1.29, 1.82) is 0 Å². The SMILES string of the molecule is [CH2-][C@@H](Oc1cc2nc(-c3ccc(C4=CCC(NC(C)=O)CC4)cc3)c(I3C[I-]C3)cc2[nH]1)[C@@H]1[CH-][C@H](O)CO1.[U+2]. The first-order valence-corrected chi connectivity index (χ1v) is 20.0. The minimum absolute atomic E-state index is 0. The van der Waals surface area contributed by atoms with Gasteiger partial charge < -0.3 is 0 Å². The second kappa shape index (κ2) is 13.1. The molecule has 0 bridgehead atoms. The van der Waals surface area contributed by atoms with Crippen LogP contribution in [0.5, 0.6) is 5.88 Å². The van der Waals surface area contributed by atoms with Crippen molar-refractivity contribution >= 4 is 42.3 Å². The molecule has 1 unspecified atom stereocenters. The van der Waals surface area contributed by atoms with Gasteiger partial charge in [0.15, 0.2) is 0 Å². The Kier molecular flexibility index (Phi) is 10.0. The quantitative estimate of drug-likeness (QED) is 0.190. The van der Waals surface area contributed by atoms with Crippen LogP contribution < -0.4 is 31.3 Å². The van der Waals surface area contributed by atoms with Crippen LogP contribution in [-0.2, 0) is 9.53 Å². The Morgan fingerprint density at radius 3 is 2.69 bits per heavy atom. The molecule has 2 aliphatic heterocycles. The summed E-state index contributed by atoms with van der Waals surface area (Å²) in [5.41, 5.74) is 6.78. The van der Waals surface area contributed by atoms with E-state index in [0.29, 0.717) is 27.1 Å². The number of nitrogens with one attached hydrogen (secondary N) is 2. The molecule has 206 valence electrons. The minimum Gasteiger partial charge on any atom is 2.00 e. The minimum atomic E-state index is -1.16. The van der Waals surface area contributed by atoms with Gasteiger partial charge >= 0.3 is 262 Å². The number of benzene rings is 1. The standard InChI is InChI=1S/C29H32I2N3O4.U/c1-17(27-11-23(36)14-37-27)38-28-13-26-25(33-28)12-24(31-15-30-16-31)29(34-26)21-5-3-19(4-6-21)20-7-9-22(10-8-20)32-18(2)35;/h3-7,11-13,17,22-23,27,33,36H,1,8-10,14-16H2,2H3,(H,32,35);/q-3;+2/t17-,22?,23+,27+;/m1./s1. The number of aliphatic hydroxyl groups excluding tert-OH is 1. The molecular formula is C29H32I2N3O4U-. The van der Waals surface area contributed by atoms with Gasteiger partial charge in [0.25, 0.3) is 0 Å². The molecule has 7 nitrogen and oxygen atoms in total. The molecule has 0 saturated carbocycles. The molecule has 1 aromatic carbocycles. The van der Waals surface area contributed by atoms with Crippen LogP contribution in [0.3, 0.4) is 0 Å². The zero-order valence-electron chi connectivity index (χ0n) is 21.8. The molecule has 0 spiro atoms. The van der Waals surface area contributed by atoms with Crippen molar-refractivity contribution in [2.75, 3.05) is 11.5 Å². The Labute approximate surface area is 270 Å². The molecule has 2 fully saturated rings. The Morgan fingerprint density at radius 1 is 1.31 bits per heavy atom. The van der Waals surface area contributed by atoms with Crippen molar-refractivity contribution in [3.63, 3.8) is 0 Å². The second-order valence-corrected chi connectivity index (χ2v) is 23.7. The van der Waals surface area contributed by atoms with Crippen molar-refractivity contribution in [3.05, 3.63) is 65.0 Å². The van der Waals surface area contributed by atoms with Gasteiger partial charge in [0.05, 0.1) is 0 Å². The van der Waals surface area contributed by atoms with Crippen LogP contribution >= 0.6 is 19.8 Å². The first kappa shape index (κ1) is 29.8. The van der Waals surface area contributed by atoms with E-state index in [9.17, 15) is 9.90 Å². The Bertz CT molecular complexity index is 1360. The number of fused-ring (bicyclic) bond motifs is 1. The molecule has 4 heterocycles. The average Bonchev–Trinajstić information content (AvgIpc) is 3.48. The molecule has 3 aliphatic rings. The van der Waals surface area contributed by atoms with Gasteiger partial charge in [-0.3, -0.25) is 4.79 Å². The zero-order valence-corrected chi connectivity index (χ0v) is 30.2. The van der Waals surface area contributed by atoms with E-state index >= 15 is 0 Å². The van der Waals surface area contributed by atoms with E-state index in [1.54, 1.807) is 13.3 Å². The number of alkyl halides is 4. The number of aliphatic hydroxyl groups is 1. The second-order valence-electron chi connectivity index (χ2n) is 9.93. The van der Waals surface area contributed by atoms with Gasteiger partial charge in [-0.1, -0.05) is 0 Å². The summed E-state index contributed by atoms with van der Waals surface area (Å²) in [4.78, 5) is 19.9. The maximum absolute atomic E-state index is 11.4. The van der Waals surface area contributed by atoms with Crippen molar-refractivity contribution in [1.82, 2.24) is 15.3 Å². The Balaban J connectivity index is 0.00000308. The van der Waals surface area contributed by atoms with Gasteiger partial charge in [0.2, 0.25) is 0 Å². The van der Waals surface area contributed by atoms with E-state index in [2.05, 4.69) is 53.6 Å². The number of ether oxygens (including phenoxy) is 2. The fraction of sp³-hybridized carbons (Fsp3) is 0.379. The predicted octanol–water partition coefficient (Wildman–Crippen LogP) is 1.54. The molecule has 1 amide bonds. The molecule has 3 N–H and O–H groups in total. The molecular weight excluding hydrogens is 946 g/mol. The Hall–Kier alpha value is -0.648. The number of aromatic amines is 1. The summed E-state index contributed by atoms with van der Waals surface area (Å²) in [6, 6.07) is 13.4. The van der Waals surface area contributed by atoms with Crippen molar-refractivity contribution in [2.24, 2.45) is 0 Å². The summed E-state index contributed by atoms with van der Waals surface area (Å²) >= 11 is -0.777. The summed E-state index contributed by atoms with van der Waals surface area (Å²) in [6.45, 7) is 5.94. The third-order valence-corrected chi connectivity index (χ3v) is 26.6. The number of halogens is 2. The van der Waals surface area contributed by atoms with E-state index in [1.807, 2.05) is 6.07 Å². The summed E-state index contributed by atoms with van der Waals surface area (Å²) in [7, 11) is 0. The van der Waals surface area contributed by atoms with Crippen LogP contribution in [0.4, 0.5) is 0 Å². The molecule has 1 aliphatic carbocycles. The Morgan fingerprint density at radius 2 is 2.08 bits per heavy atom. The summed E-state index contributed by atoms with van der Waals surface area (Å²) < 4.78 is 16.0. The van der Waals surface area contributed by atoms with Gasteiger partial charge in [-0.15, -0.1) is 0 Å². The van der Waals surface area contributed by atoms with E-state index < -0.39 is 32.0 Å². The molecule has 0 radical (unpaired) electrons. The predicted molar refractivity (Wildman–Crippen MR) is 153 cm³/mol. The van der Waals surface area contributed by atoms with Crippen molar-refractivity contribution < 1.29 is 71.7 Å². The van der Waals surface area contributed by atoms with Gasteiger partial charge in [-0.2, -0.15) is 0 Å². The van der Waals surface area contributed by atoms with Gasteiger partial charge in [0.1, 0.15) is 0 Å². The van der Waals surface area contributed by atoms with Crippen molar-refractivity contribution in [3.8, 4) is 17.1 Å². The van der Waals surface area contributed by atoms with E-state index in [0.717, 1.165) is 36.0 Å². The fourth-order valence-corrected chi connectivity index (χ4v) is 18.1. The number of pyridine rings is 1. The molecule has 39 heavy (non-hydrogen) atoms. The van der Waals surface area contributed by atoms with Crippen LogP contribution in [0.25, 0.3) is 27.9 Å². The summed E-state index contributed by atoms with van der Waals surface area (Å²) in [5.74, 6) is 0.665. The van der Waals surface area contributed by atoms with E-state index in [4.69, 9.17) is 14.5 Å². The number of carbonyl (C=O) groups excluding carboxylic acids is 1. The summed E-state index contributed by atoms with van der Waals surface area (Å²) in [6.07, 6.45) is 5.47. The van der Waals surface area contributed by atoms with Crippen LogP contribution in [0, 0.1) is 48.0 Å². The smallest absolute Gasteiger partial charge is 2.00 e. The summed E-state index contributed by atoms with van der Waals surface area (Å²) in [5, 5.41) is 12.8. The number of amides is 1. The van der Waals surface area contributed by atoms with Gasteiger partial charge in [0, 0.05) is 6.92 Å². The number of nitrogens with zero attached hydrogens (tertiary/aromatic N) is 1. The molecule has 2 aromatic heterocycles. The number of allylic oxidation sites excluding steroid dienone is 1. The third-order valence-electron chi connectivity index (χ3n) is 7.07. The van der Waals surface area contributed by atoms with Crippen LogP contribution in [0.1, 0.15) is 31.7 Å². The topological polar surface area (TPSA) is 96.5 Å². The first-order chi connectivity index (χ1) is 18.4. The van der Waals surface area contributed by atoms with Crippen LogP contribution in [0.2, 0.25) is 0 Å². The largest absolute Gasteiger partial charge is 2.00 e. The number of carbonyl (C=O) groups is 1. The molecule has 4 atom stereocenters. The van der Waals surface area contributed by atoms with E-state index in [-0.39, 0.29) is 55.8 Å². The first-order valence-electron chi connectivity index (χ1n) is 12.8. The molecule has 6 rings (SSSR count). The third kappa shape index (κ3) is 6.88. The number of H-pyrrole nitrogens is 1. The number of hydrogen-bond donors (Lipinski definition) is 3. The van der Waals surface area contributed by atoms with Crippen molar-refractivity contribution in [2.45, 2.75) is 50.5 Å².